The van der Waals surface area contributed by atoms with E-state index < -0.39 is 11.7 Å². The Bertz CT molecular complexity index is 482. The largest absolute Gasteiger partial charge is 0.416 e. The number of carbonyl (C=O) groups is 1. The third-order valence-electron chi connectivity index (χ3n) is 3.66. The van der Waals surface area contributed by atoms with Gasteiger partial charge in [0.25, 0.3) is 0 Å². The standard InChI is InChI=1S/C15H19F3N2O/c16-15(17,18)13-6-2-1-5-12(13)8-14(21)20-10-11-4-3-7-19-9-11/h1-2,5-6,11,19H,3-4,7-10H2,(H,20,21). The average Bonchev–Trinajstić information content (AvgIpc) is 2.46. The highest BCUT2D eigenvalue weighted by Gasteiger charge is 2.33. The van der Waals surface area contributed by atoms with Crippen molar-refractivity contribution in [3.8, 4) is 0 Å². The van der Waals surface area contributed by atoms with Gasteiger partial charge in [-0.25, -0.2) is 0 Å². The zero-order valence-electron chi connectivity index (χ0n) is 11.7. The zero-order chi connectivity index (χ0) is 15.3. The number of alkyl halides is 3. The van der Waals surface area contributed by atoms with Crippen molar-refractivity contribution >= 4 is 5.91 Å². The van der Waals surface area contributed by atoms with Crippen molar-refractivity contribution in [2.45, 2.75) is 25.4 Å². The molecule has 1 aliphatic heterocycles. The topological polar surface area (TPSA) is 41.1 Å². The fraction of sp³-hybridized carbons (Fsp3) is 0.533. The summed E-state index contributed by atoms with van der Waals surface area (Å²) in [6.45, 7) is 2.35. The first-order valence-electron chi connectivity index (χ1n) is 7.09. The first-order valence-corrected chi connectivity index (χ1v) is 7.09. The van der Waals surface area contributed by atoms with Crippen LogP contribution in [0.25, 0.3) is 0 Å². The lowest BCUT2D eigenvalue weighted by Gasteiger charge is -2.23. The molecule has 1 atom stereocenters. The highest BCUT2D eigenvalue weighted by Crippen LogP contribution is 2.31. The van der Waals surface area contributed by atoms with E-state index in [9.17, 15) is 18.0 Å². The summed E-state index contributed by atoms with van der Waals surface area (Å²) in [4.78, 5) is 11.8. The molecule has 6 heteroatoms. The number of nitrogens with one attached hydrogen (secondary N) is 2. The van der Waals surface area contributed by atoms with Crippen molar-refractivity contribution in [1.29, 1.82) is 0 Å². The second-order valence-electron chi connectivity index (χ2n) is 5.35. The van der Waals surface area contributed by atoms with E-state index >= 15 is 0 Å². The van der Waals surface area contributed by atoms with E-state index in [1.807, 2.05) is 0 Å². The number of rotatable bonds is 4. The summed E-state index contributed by atoms with van der Waals surface area (Å²) >= 11 is 0. The molecule has 0 radical (unpaired) electrons. The van der Waals surface area contributed by atoms with Gasteiger partial charge >= 0.3 is 6.18 Å². The van der Waals surface area contributed by atoms with E-state index in [0.29, 0.717) is 12.5 Å². The lowest BCUT2D eigenvalue weighted by atomic mass is 9.99. The van der Waals surface area contributed by atoms with Crippen LogP contribution in [0.15, 0.2) is 24.3 Å². The molecule has 0 spiro atoms. The summed E-state index contributed by atoms with van der Waals surface area (Å²) < 4.78 is 38.5. The van der Waals surface area contributed by atoms with Crippen molar-refractivity contribution in [2.75, 3.05) is 19.6 Å². The Balaban J connectivity index is 1.90. The summed E-state index contributed by atoms with van der Waals surface area (Å²) in [5.74, 6) is -0.00201. The average molecular weight is 300 g/mol. The molecule has 3 nitrogen and oxygen atoms in total. The predicted octanol–water partition coefficient (Wildman–Crippen LogP) is 2.36. The van der Waals surface area contributed by atoms with Crippen LogP contribution in [-0.4, -0.2) is 25.5 Å². The highest BCUT2D eigenvalue weighted by molar-refractivity contribution is 5.79. The maximum absolute atomic E-state index is 12.8. The van der Waals surface area contributed by atoms with E-state index in [0.717, 1.165) is 32.0 Å². The maximum Gasteiger partial charge on any atom is 0.416 e. The van der Waals surface area contributed by atoms with E-state index in [1.165, 1.54) is 18.2 Å². The summed E-state index contributed by atoms with van der Waals surface area (Å²) in [5, 5.41) is 5.97. The van der Waals surface area contributed by atoms with Gasteiger partial charge < -0.3 is 10.6 Å². The first-order chi connectivity index (χ1) is 9.97. The van der Waals surface area contributed by atoms with E-state index in [1.54, 1.807) is 0 Å². The molecule has 1 aromatic carbocycles. The van der Waals surface area contributed by atoms with E-state index in [-0.39, 0.29) is 17.9 Å². The van der Waals surface area contributed by atoms with Crippen LogP contribution in [0, 0.1) is 5.92 Å². The number of amides is 1. The molecule has 1 aromatic rings. The molecule has 1 saturated heterocycles. The Hall–Kier alpha value is -1.56. The monoisotopic (exact) mass is 300 g/mol. The van der Waals surface area contributed by atoms with Crippen molar-refractivity contribution in [3.05, 3.63) is 35.4 Å². The van der Waals surface area contributed by atoms with Gasteiger partial charge in [0.2, 0.25) is 5.91 Å². The van der Waals surface area contributed by atoms with Gasteiger partial charge in [0.15, 0.2) is 0 Å². The molecule has 0 aromatic heterocycles. The molecule has 0 saturated carbocycles. The Labute approximate surface area is 121 Å². The normalized spacial score (nSPS) is 19.3. The highest BCUT2D eigenvalue weighted by atomic mass is 19.4. The molecule has 2 rings (SSSR count). The van der Waals surface area contributed by atoms with Crippen LogP contribution in [0.1, 0.15) is 24.0 Å². The van der Waals surface area contributed by atoms with Crippen LogP contribution in [-0.2, 0) is 17.4 Å². The molecular formula is C15H19F3N2O. The van der Waals surface area contributed by atoms with E-state index in [2.05, 4.69) is 10.6 Å². The lowest BCUT2D eigenvalue weighted by Crippen LogP contribution is -2.38. The molecule has 21 heavy (non-hydrogen) atoms. The molecular weight excluding hydrogens is 281 g/mol. The van der Waals surface area contributed by atoms with Crippen LogP contribution in [0.2, 0.25) is 0 Å². The maximum atomic E-state index is 12.8. The predicted molar refractivity (Wildman–Crippen MR) is 73.8 cm³/mol. The molecule has 1 heterocycles. The Kier molecular flexibility index (Phi) is 5.22. The van der Waals surface area contributed by atoms with Crippen molar-refractivity contribution in [1.82, 2.24) is 10.6 Å². The molecule has 116 valence electrons. The van der Waals surface area contributed by atoms with Crippen LogP contribution >= 0.6 is 0 Å². The van der Waals surface area contributed by atoms with Crippen LogP contribution < -0.4 is 10.6 Å². The second-order valence-corrected chi connectivity index (χ2v) is 5.35. The van der Waals surface area contributed by atoms with Gasteiger partial charge in [0, 0.05) is 6.54 Å². The summed E-state index contributed by atoms with van der Waals surface area (Å²) in [6.07, 6.45) is -2.57. The molecule has 2 N–H and O–H groups in total. The minimum atomic E-state index is -4.43. The lowest BCUT2D eigenvalue weighted by molar-refractivity contribution is -0.138. The second kappa shape index (κ2) is 6.93. The molecule has 1 aliphatic rings. The van der Waals surface area contributed by atoms with Crippen molar-refractivity contribution in [3.63, 3.8) is 0 Å². The first kappa shape index (κ1) is 15.8. The fourth-order valence-electron chi connectivity index (χ4n) is 2.54. The molecule has 0 aliphatic carbocycles. The van der Waals surface area contributed by atoms with E-state index in [4.69, 9.17) is 0 Å². The third kappa shape index (κ3) is 4.74. The number of carbonyl (C=O) groups excluding carboxylic acids is 1. The van der Waals surface area contributed by atoms with Gasteiger partial charge in [-0.3, -0.25) is 4.79 Å². The van der Waals surface area contributed by atoms with Gasteiger partial charge in [-0.1, -0.05) is 18.2 Å². The molecule has 1 unspecified atom stereocenters. The minimum absolute atomic E-state index is 0.0178. The number of hydrogen-bond acceptors (Lipinski definition) is 2. The van der Waals surface area contributed by atoms with Crippen molar-refractivity contribution in [2.24, 2.45) is 5.92 Å². The van der Waals surface area contributed by atoms with Crippen LogP contribution in [0.5, 0.6) is 0 Å². The number of halogens is 3. The van der Waals surface area contributed by atoms with Gasteiger partial charge in [-0.2, -0.15) is 13.2 Å². The Morgan fingerprint density at radius 2 is 2.10 bits per heavy atom. The summed E-state index contributed by atoms with van der Waals surface area (Å²) in [6, 6.07) is 5.21. The SMILES string of the molecule is O=C(Cc1ccccc1C(F)(F)F)NCC1CCCNC1. The zero-order valence-corrected chi connectivity index (χ0v) is 11.7. The minimum Gasteiger partial charge on any atom is -0.355 e. The number of benzene rings is 1. The Morgan fingerprint density at radius 1 is 1.33 bits per heavy atom. The Morgan fingerprint density at radius 3 is 2.76 bits per heavy atom. The quantitative estimate of drug-likeness (QED) is 0.896. The third-order valence-corrected chi connectivity index (χ3v) is 3.66. The number of hydrogen-bond donors (Lipinski definition) is 2. The van der Waals surface area contributed by atoms with Crippen LogP contribution in [0.4, 0.5) is 13.2 Å². The molecule has 1 amide bonds. The van der Waals surface area contributed by atoms with Gasteiger partial charge in [-0.15, -0.1) is 0 Å². The van der Waals surface area contributed by atoms with Gasteiger partial charge in [-0.05, 0) is 43.5 Å². The smallest absolute Gasteiger partial charge is 0.355 e. The van der Waals surface area contributed by atoms with Gasteiger partial charge in [0.1, 0.15) is 0 Å². The fourth-order valence-corrected chi connectivity index (χ4v) is 2.54. The summed E-state index contributed by atoms with van der Waals surface area (Å²) in [7, 11) is 0. The molecule has 0 bridgehead atoms. The van der Waals surface area contributed by atoms with Crippen LogP contribution in [0.3, 0.4) is 0 Å². The van der Waals surface area contributed by atoms with Gasteiger partial charge in [0.05, 0.1) is 12.0 Å². The molecule has 1 fully saturated rings. The number of piperidine rings is 1. The summed E-state index contributed by atoms with van der Waals surface area (Å²) in [5.41, 5.74) is -0.719. The van der Waals surface area contributed by atoms with Crippen molar-refractivity contribution < 1.29 is 18.0 Å².